The lowest BCUT2D eigenvalue weighted by Crippen LogP contribution is -2.23. The largest absolute Gasteiger partial charge is 0.317 e. The van der Waals surface area contributed by atoms with Gasteiger partial charge in [0.05, 0.1) is 0 Å². The van der Waals surface area contributed by atoms with Crippen molar-refractivity contribution in [1.29, 1.82) is 0 Å². The van der Waals surface area contributed by atoms with Gasteiger partial charge in [-0.2, -0.15) is 11.8 Å². The maximum atomic E-state index is 3.49. The molecule has 0 bridgehead atoms. The van der Waals surface area contributed by atoms with E-state index in [0.717, 1.165) is 0 Å². The highest BCUT2D eigenvalue weighted by Gasteiger charge is 2.16. The number of rotatable bonds is 10. The fraction of sp³-hybridized carbons (Fsp3) is 1.00. The average molecular weight is 231 g/mol. The van der Waals surface area contributed by atoms with E-state index >= 15 is 0 Å². The Morgan fingerprint density at radius 3 is 2.40 bits per heavy atom. The molecule has 0 aliphatic carbocycles. The van der Waals surface area contributed by atoms with Crippen LogP contribution in [0.2, 0.25) is 0 Å². The van der Waals surface area contributed by atoms with E-state index in [9.17, 15) is 0 Å². The topological polar surface area (TPSA) is 12.0 Å². The van der Waals surface area contributed by atoms with Gasteiger partial charge in [0.25, 0.3) is 0 Å². The number of hydrogen-bond donors (Lipinski definition) is 1. The molecule has 0 aliphatic heterocycles. The van der Waals surface area contributed by atoms with Crippen LogP contribution in [0.5, 0.6) is 0 Å². The van der Waals surface area contributed by atoms with Gasteiger partial charge in [-0.05, 0) is 55.7 Å². The van der Waals surface area contributed by atoms with Gasteiger partial charge in [0, 0.05) is 0 Å². The van der Waals surface area contributed by atoms with Crippen molar-refractivity contribution >= 4 is 11.8 Å². The van der Waals surface area contributed by atoms with Gasteiger partial charge in [-0.3, -0.25) is 0 Å². The fourth-order valence-electron chi connectivity index (χ4n) is 1.65. The van der Waals surface area contributed by atoms with Gasteiger partial charge in [0.2, 0.25) is 0 Å². The van der Waals surface area contributed by atoms with Crippen molar-refractivity contribution in [2.45, 2.75) is 53.4 Å². The molecule has 0 radical (unpaired) electrons. The molecule has 0 aromatic rings. The Kier molecular flexibility index (Phi) is 9.73. The molecule has 0 saturated heterocycles. The minimum absolute atomic E-state index is 0.523. The Labute approximate surface area is 101 Å². The minimum atomic E-state index is 0.523. The normalized spacial score (nSPS) is 12.0. The standard InChI is InChI=1S/C13H29NS/c1-5-10-14-11-9-13(3,4)8-7-12-15-6-2/h14H,5-12H2,1-4H3. The van der Waals surface area contributed by atoms with Crippen LogP contribution < -0.4 is 5.32 Å². The predicted molar refractivity (Wildman–Crippen MR) is 73.8 cm³/mol. The van der Waals surface area contributed by atoms with E-state index in [4.69, 9.17) is 0 Å². The van der Waals surface area contributed by atoms with E-state index in [1.54, 1.807) is 0 Å². The maximum Gasteiger partial charge on any atom is -0.00438 e. The van der Waals surface area contributed by atoms with Crippen LogP contribution in [-0.4, -0.2) is 24.6 Å². The highest BCUT2D eigenvalue weighted by atomic mass is 32.2. The van der Waals surface area contributed by atoms with Crippen LogP contribution >= 0.6 is 11.8 Å². The van der Waals surface area contributed by atoms with Crippen molar-refractivity contribution < 1.29 is 0 Å². The highest BCUT2D eigenvalue weighted by molar-refractivity contribution is 7.99. The monoisotopic (exact) mass is 231 g/mol. The van der Waals surface area contributed by atoms with E-state index in [1.807, 2.05) is 0 Å². The molecule has 15 heavy (non-hydrogen) atoms. The molecule has 1 N–H and O–H groups in total. The summed E-state index contributed by atoms with van der Waals surface area (Å²) in [6.07, 6.45) is 5.30. The van der Waals surface area contributed by atoms with Crippen molar-refractivity contribution in [2.75, 3.05) is 24.6 Å². The van der Waals surface area contributed by atoms with Crippen LogP contribution in [0.3, 0.4) is 0 Å². The molecule has 0 saturated carbocycles. The summed E-state index contributed by atoms with van der Waals surface area (Å²) in [6.45, 7) is 11.6. The van der Waals surface area contributed by atoms with Gasteiger partial charge in [0.1, 0.15) is 0 Å². The Balaban J connectivity index is 3.40. The van der Waals surface area contributed by atoms with Gasteiger partial charge in [-0.1, -0.05) is 27.7 Å². The Morgan fingerprint density at radius 2 is 1.80 bits per heavy atom. The predicted octanol–water partition coefficient (Wildman–Crippen LogP) is 3.94. The lowest BCUT2D eigenvalue weighted by Gasteiger charge is -2.24. The van der Waals surface area contributed by atoms with Crippen molar-refractivity contribution in [1.82, 2.24) is 5.32 Å². The quantitative estimate of drug-likeness (QED) is 0.572. The second kappa shape index (κ2) is 9.53. The molecule has 92 valence electrons. The summed E-state index contributed by atoms with van der Waals surface area (Å²) in [5, 5.41) is 3.49. The lowest BCUT2D eigenvalue weighted by atomic mass is 9.84. The smallest absolute Gasteiger partial charge is 0.00438 e. The molecule has 0 unspecified atom stereocenters. The third kappa shape index (κ3) is 10.6. The Morgan fingerprint density at radius 1 is 1.07 bits per heavy atom. The van der Waals surface area contributed by atoms with Gasteiger partial charge in [-0.25, -0.2) is 0 Å². The van der Waals surface area contributed by atoms with Crippen LogP contribution in [0.25, 0.3) is 0 Å². The third-order valence-corrected chi connectivity index (χ3v) is 3.74. The number of thioether (sulfide) groups is 1. The Hall–Kier alpha value is 0.310. The Bertz CT molecular complexity index is 120. The van der Waals surface area contributed by atoms with Gasteiger partial charge >= 0.3 is 0 Å². The third-order valence-electron chi connectivity index (χ3n) is 2.75. The second-order valence-corrected chi connectivity index (χ2v) is 6.36. The van der Waals surface area contributed by atoms with Gasteiger partial charge < -0.3 is 5.32 Å². The van der Waals surface area contributed by atoms with Crippen LogP contribution in [-0.2, 0) is 0 Å². The average Bonchev–Trinajstić information content (AvgIpc) is 2.20. The molecule has 0 spiro atoms. The highest BCUT2D eigenvalue weighted by Crippen LogP contribution is 2.26. The SMILES string of the molecule is CCCNCCC(C)(C)CCCSCC. The molecule has 0 aromatic carbocycles. The molecule has 2 heteroatoms. The van der Waals surface area contributed by atoms with Crippen molar-refractivity contribution in [3.05, 3.63) is 0 Å². The summed E-state index contributed by atoms with van der Waals surface area (Å²) in [5.41, 5.74) is 0.523. The van der Waals surface area contributed by atoms with E-state index < -0.39 is 0 Å². The summed E-state index contributed by atoms with van der Waals surface area (Å²) in [7, 11) is 0. The first-order valence-electron chi connectivity index (χ1n) is 6.41. The van der Waals surface area contributed by atoms with Crippen molar-refractivity contribution in [3.63, 3.8) is 0 Å². The van der Waals surface area contributed by atoms with Crippen molar-refractivity contribution in [3.8, 4) is 0 Å². The summed E-state index contributed by atoms with van der Waals surface area (Å²) in [5.74, 6) is 2.60. The molecule has 1 nitrogen and oxygen atoms in total. The van der Waals surface area contributed by atoms with E-state index in [0.29, 0.717) is 5.41 Å². The maximum absolute atomic E-state index is 3.49. The van der Waals surface area contributed by atoms with Crippen molar-refractivity contribution in [2.24, 2.45) is 5.41 Å². The van der Waals surface area contributed by atoms with Crippen LogP contribution in [0, 0.1) is 5.41 Å². The van der Waals surface area contributed by atoms with Crippen LogP contribution in [0.4, 0.5) is 0 Å². The molecule has 0 amide bonds. The minimum Gasteiger partial charge on any atom is -0.317 e. The zero-order valence-electron chi connectivity index (χ0n) is 11.1. The van der Waals surface area contributed by atoms with Gasteiger partial charge in [0.15, 0.2) is 0 Å². The van der Waals surface area contributed by atoms with E-state index in [1.165, 1.54) is 50.3 Å². The molecule has 0 rings (SSSR count). The molecule has 0 heterocycles. The fourth-order valence-corrected chi connectivity index (χ4v) is 2.29. The van der Waals surface area contributed by atoms with E-state index in [2.05, 4.69) is 44.8 Å². The second-order valence-electron chi connectivity index (χ2n) is 4.96. The number of nitrogens with one attached hydrogen (secondary N) is 1. The summed E-state index contributed by atoms with van der Waals surface area (Å²) in [6, 6.07) is 0. The lowest BCUT2D eigenvalue weighted by molar-refractivity contribution is 0.300. The first kappa shape index (κ1) is 15.3. The zero-order chi connectivity index (χ0) is 11.6. The molecular formula is C13H29NS. The molecular weight excluding hydrogens is 202 g/mol. The van der Waals surface area contributed by atoms with E-state index in [-0.39, 0.29) is 0 Å². The first-order valence-corrected chi connectivity index (χ1v) is 7.56. The summed E-state index contributed by atoms with van der Waals surface area (Å²) in [4.78, 5) is 0. The zero-order valence-corrected chi connectivity index (χ0v) is 11.9. The first-order chi connectivity index (χ1) is 7.12. The van der Waals surface area contributed by atoms with Crippen LogP contribution in [0.1, 0.15) is 53.4 Å². The molecule has 0 aromatic heterocycles. The molecule has 0 fully saturated rings. The van der Waals surface area contributed by atoms with Gasteiger partial charge in [-0.15, -0.1) is 0 Å². The molecule has 0 atom stereocenters. The molecule has 0 aliphatic rings. The summed E-state index contributed by atoms with van der Waals surface area (Å²) >= 11 is 2.07. The summed E-state index contributed by atoms with van der Waals surface area (Å²) < 4.78 is 0. The number of hydrogen-bond acceptors (Lipinski definition) is 2. The van der Waals surface area contributed by atoms with Crippen LogP contribution in [0.15, 0.2) is 0 Å².